The molecule has 2 aromatic rings. The molecule has 21 heavy (non-hydrogen) atoms. The lowest BCUT2D eigenvalue weighted by Crippen LogP contribution is -2.03. The van der Waals surface area contributed by atoms with Crippen molar-refractivity contribution >= 4 is 39.3 Å². The molecule has 0 spiro atoms. The fraction of sp³-hybridized carbons (Fsp3) is 0.0714. The number of hydrogen-bond acceptors (Lipinski definition) is 4. The molecule has 2 aromatic carbocycles. The lowest BCUT2D eigenvalue weighted by Gasteiger charge is -2.05. The van der Waals surface area contributed by atoms with Gasteiger partial charge in [0, 0.05) is 25.9 Å². The zero-order valence-corrected chi connectivity index (χ0v) is 13.1. The van der Waals surface area contributed by atoms with Gasteiger partial charge < -0.3 is 5.11 Å². The van der Waals surface area contributed by atoms with E-state index in [0.29, 0.717) is 4.90 Å². The van der Waals surface area contributed by atoms with Gasteiger partial charge in [-0.3, -0.25) is 14.9 Å². The first-order chi connectivity index (χ1) is 9.95. The molecule has 0 aliphatic rings. The molecule has 108 valence electrons. The fourth-order valence-electron chi connectivity index (χ4n) is 1.73. The van der Waals surface area contributed by atoms with E-state index in [2.05, 4.69) is 15.9 Å². The Morgan fingerprint density at radius 2 is 1.81 bits per heavy atom. The van der Waals surface area contributed by atoms with Crippen molar-refractivity contribution in [3.05, 3.63) is 62.6 Å². The first-order valence-corrected chi connectivity index (χ1v) is 7.49. The summed E-state index contributed by atoms with van der Waals surface area (Å²) in [4.78, 5) is 22.9. The molecule has 1 N–H and O–H groups in total. The quantitative estimate of drug-likeness (QED) is 0.634. The molecule has 0 atom stereocenters. The Morgan fingerprint density at radius 3 is 2.38 bits per heavy atom. The number of carboxylic acids is 1. The van der Waals surface area contributed by atoms with Gasteiger partial charge >= 0.3 is 5.97 Å². The van der Waals surface area contributed by atoms with E-state index in [-0.39, 0.29) is 17.7 Å². The highest BCUT2D eigenvalue weighted by molar-refractivity contribution is 9.10. The van der Waals surface area contributed by atoms with Crippen molar-refractivity contribution in [3.8, 4) is 0 Å². The molecule has 5 nitrogen and oxygen atoms in total. The summed E-state index contributed by atoms with van der Waals surface area (Å²) < 4.78 is 0.953. The van der Waals surface area contributed by atoms with Gasteiger partial charge in [0.25, 0.3) is 5.69 Å². The summed E-state index contributed by atoms with van der Waals surface area (Å²) in [5.74, 6) is -1.09. The van der Waals surface area contributed by atoms with Crippen molar-refractivity contribution in [1.82, 2.24) is 0 Å². The van der Waals surface area contributed by atoms with E-state index in [1.165, 1.54) is 23.9 Å². The number of nitro groups is 1. The Bertz CT molecular complexity index is 688. The molecule has 0 aromatic heterocycles. The summed E-state index contributed by atoms with van der Waals surface area (Å²) >= 11 is 4.72. The topological polar surface area (TPSA) is 80.4 Å². The molecule has 0 aliphatic heterocycles. The zero-order chi connectivity index (χ0) is 15.4. The van der Waals surface area contributed by atoms with Crippen LogP contribution in [0.2, 0.25) is 0 Å². The molecule has 0 unspecified atom stereocenters. The van der Waals surface area contributed by atoms with E-state index < -0.39 is 10.9 Å². The maximum atomic E-state index is 11.0. The first kappa shape index (κ1) is 15.5. The second kappa shape index (κ2) is 6.73. The SMILES string of the molecule is O=C(O)Cc1ccc(Sc2ccc(Br)cc2)cc1[N+](=O)[O-]. The highest BCUT2D eigenvalue weighted by Gasteiger charge is 2.17. The number of carbonyl (C=O) groups is 1. The smallest absolute Gasteiger partial charge is 0.308 e. The Balaban J connectivity index is 2.29. The summed E-state index contributed by atoms with van der Waals surface area (Å²) in [5.41, 5.74) is 0.0344. The minimum Gasteiger partial charge on any atom is -0.481 e. The van der Waals surface area contributed by atoms with E-state index in [1.54, 1.807) is 6.07 Å². The highest BCUT2D eigenvalue weighted by Crippen LogP contribution is 2.32. The number of aliphatic carboxylic acids is 1. The van der Waals surface area contributed by atoms with Gasteiger partial charge in [0.1, 0.15) is 0 Å². The lowest BCUT2D eigenvalue weighted by atomic mass is 10.1. The maximum Gasteiger partial charge on any atom is 0.308 e. The number of benzene rings is 2. The second-order valence-corrected chi connectivity index (χ2v) is 6.24. The predicted molar refractivity (Wildman–Crippen MR) is 82.7 cm³/mol. The molecule has 0 saturated carbocycles. The average Bonchev–Trinajstić information content (AvgIpc) is 2.42. The normalized spacial score (nSPS) is 10.3. The third kappa shape index (κ3) is 4.30. The summed E-state index contributed by atoms with van der Waals surface area (Å²) in [7, 11) is 0. The number of halogens is 1. The zero-order valence-electron chi connectivity index (χ0n) is 10.7. The number of nitro benzene ring substituents is 1. The summed E-state index contributed by atoms with van der Waals surface area (Å²) in [6.45, 7) is 0. The van der Waals surface area contributed by atoms with Gasteiger partial charge in [-0.1, -0.05) is 33.8 Å². The van der Waals surface area contributed by atoms with E-state index in [0.717, 1.165) is 9.37 Å². The van der Waals surface area contributed by atoms with Crippen molar-refractivity contribution in [2.45, 2.75) is 16.2 Å². The van der Waals surface area contributed by atoms with Crippen LogP contribution in [0.5, 0.6) is 0 Å². The third-order valence-electron chi connectivity index (χ3n) is 2.64. The van der Waals surface area contributed by atoms with Gasteiger partial charge in [0.05, 0.1) is 11.3 Å². The van der Waals surface area contributed by atoms with E-state index in [1.807, 2.05) is 24.3 Å². The largest absolute Gasteiger partial charge is 0.481 e. The van der Waals surface area contributed by atoms with Gasteiger partial charge in [-0.2, -0.15) is 0 Å². The molecule has 0 aliphatic carbocycles. The van der Waals surface area contributed by atoms with Crippen LogP contribution in [0.15, 0.2) is 56.7 Å². The number of nitrogens with zero attached hydrogens (tertiary/aromatic N) is 1. The second-order valence-electron chi connectivity index (χ2n) is 4.17. The van der Waals surface area contributed by atoms with Gasteiger partial charge in [-0.15, -0.1) is 0 Å². The lowest BCUT2D eigenvalue weighted by molar-refractivity contribution is -0.385. The number of hydrogen-bond donors (Lipinski definition) is 1. The fourth-order valence-corrected chi connectivity index (χ4v) is 2.84. The highest BCUT2D eigenvalue weighted by atomic mass is 79.9. The predicted octanol–water partition coefficient (Wildman–Crippen LogP) is 4.14. The molecular weight excluding hydrogens is 358 g/mol. The van der Waals surface area contributed by atoms with Crippen LogP contribution in [-0.4, -0.2) is 16.0 Å². The van der Waals surface area contributed by atoms with Gasteiger partial charge in [0.15, 0.2) is 0 Å². The van der Waals surface area contributed by atoms with Crippen LogP contribution >= 0.6 is 27.7 Å². The van der Waals surface area contributed by atoms with Crippen LogP contribution in [0.25, 0.3) is 0 Å². The molecule has 0 saturated heterocycles. The molecule has 0 amide bonds. The Kier molecular flexibility index (Phi) is 4.98. The van der Waals surface area contributed by atoms with E-state index >= 15 is 0 Å². The molecule has 0 radical (unpaired) electrons. The Hall–Kier alpha value is -1.86. The standard InChI is InChI=1S/C14H10BrNO4S/c15-10-2-5-11(6-3-10)21-12-4-1-9(7-14(17)18)13(8-12)16(19)20/h1-6,8H,7H2,(H,17,18). The van der Waals surface area contributed by atoms with Gasteiger partial charge in [-0.25, -0.2) is 0 Å². The van der Waals surface area contributed by atoms with E-state index in [9.17, 15) is 14.9 Å². The minimum atomic E-state index is -1.09. The summed E-state index contributed by atoms with van der Waals surface area (Å²) in [6.07, 6.45) is -0.362. The first-order valence-electron chi connectivity index (χ1n) is 5.88. The van der Waals surface area contributed by atoms with Crippen LogP contribution in [0.3, 0.4) is 0 Å². The minimum absolute atomic E-state index is 0.167. The van der Waals surface area contributed by atoms with Crippen molar-refractivity contribution < 1.29 is 14.8 Å². The molecule has 0 fully saturated rings. The third-order valence-corrected chi connectivity index (χ3v) is 4.17. The van der Waals surface area contributed by atoms with E-state index in [4.69, 9.17) is 5.11 Å². The van der Waals surface area contributed by atoms with Gasteiger partial charge in [0.2, 0.25) is 0 Å². The van der Waals surface area contributed by atoms with Crippen LogP contribution < -0.4 is 0 Å². The monoisotopic (exact) mass is 367 g/mol. The number of rotatable bonds is 5. The molecule has 7 heteroatoms. The van der Waals surface area contributed by atoms with Crippen LogP contribution in [-0.2, 0) is 11.2 Å². The Labute approximate surface area is 133 Å². The van der Waals surface area contributed by atoms with Crippen molar-refractivity contribution in [1.29, 1.82) is 0 Å². The van der Waals surface area contributed by atoms with Crippen molar-refractivity contribution in [2.75, 3.05) is 0 Å². The van der Waals surface area contributed by atoms with Crippen LogP contribution in [0, 0.1) is 10.1 Å². The van der Waals surface area contributed by atoms with Crippen molar-refractivity contribution in [2.24, 2.45) is 0 Å². The maximum absolute atomic E-state index is 11.0. The van der Waals surface area contributed by atoms with Gasteiger partial charge in [-0.05, 0) is 30.3 Å². The summed E-state index contributed by atoms with van der Waals surface area (Å²) in [5, 5.41) is 19.8. The average molecular weight is 368 g/mol. The van der Waals surface area contributed by atoms with Crippen molar-refractivity contribution in [3.63, 3.8) is 0 Å². The number of carboxylic acid groups (broad SMARTS) is 1. The molecular formula is C14H10BrNO4S. The van der Waals surface area contributed by atoms with Crippen LogP contribution in [0.4, 0.5) is 5.69 Å². The molecule has 2 rings (SSSR count). The Morgan fingerprint density at radius 1 is 1.19 bits per heavy atom. The molecule has 0 heterocycles. The summed E-state index contributed by atoms with van der Waals surface area (Å²) in [6, 6.07) is 12.2. The molecule has 0 bridgehead atoms. The van der Waals surface area contributed by atoms with Crippen LogP contribution in [0.1, 0.15) is 5.56 Å².